The van der Waals surface area contributed by atoms with Crippen LogP contribution in [-0.4, -0.2) is 35.3 Å². The molecule has 1 amide bonds. The lowest BCUT2D eigenvalue weighted by molar-refractivity contribution is 0.0843. The summed E-state index contributed by atoms with van der Waals surface area (Å²) in [5, 5.41) is 15.3. The Morgan fingerprint density at radius 1 is 1.21 bits per heavy atom. The number of aliphatic hydroxyl groups excluding tert-OH is 1. The van der Waals surface area contributed by atoms with E-state index in [1.165, 1.54) is 11.3 Å². The van der Waals surface area contributed by atoms with Crippen LogP contribution in [0.25, 0.3) is 0 Å². The zero-order chi connectivity index (χ0) is 20.6. The van der Waals surface area contributed by atoms with E-state index in [9.17, 15) is 9.90 Å². The molecule has 3 aromatic rings. The first-order valence-corrected chi connectivity index (χ1v) is 10.4. The fourth-order valence-electron chi connectivity index (χ4n) is 2.35. The van der Waals surface area contributed by atoms with Crippen LogP contribution in [0.4, 0.5) is 0 Å². The van der Waals surface area contributed by atoms with Crippen molar-refractivity contribution in [1.29, 1.82) is 0 Å². The summed E-state index contributed by atoms with van der Waals surface area (Å²) in [7, 11) is 0. The number of ether oxygens (including phenoxy) is 2. The molecule has 0 aliphatic carbocycles. The molecule has 0 saturated carbocycles. The van der Waals surface area contributed by atoms with Gasteiger partial charge in [-0.2, -0.15) is 0 Å². The van der Waals surface area contributed by atoms with E-state index in [0.29, 0.717) is 28.7 Å². The topological polar surface area (TPSA) is 80.7 Å². The molecule has 1 atom stereocenters. The van der Waals surface area contributed by atoms with Gasteiger partial charge in [-0.05, 0) is 30.3 Å². The number of aromatic nitrogens is 1. The molecular formula is C20H18Cl2N2O4S. The molecule has 152 valence electrons. The lowest BCUT2D eigenvalue weighted by atomic mass is 10.2. The molecule has 3 rings (SSSR count). The molecular weight excluding hydrogens is 435 g/mol. The molecule has 2 N–H and O–H groups in total. The Labute approximate surface area is 182 Å². The molecule has 0 aliphatic heterocycles. The van der Waals surface area contributed by atoms with Crippen molar-refractivity contribution >= 4 is 40.4 Å². The number of rotatable bonds is 9. The highest BCUT2D eigenvalue weighted by molar-refractivity contribution is 7.07. The molecule has 1 unspecified atom stereocenters. The Balaban J connectivity index is 1.47. The summed E-state index contributed by atoms with van der Waals surface area (Å²) >= 11 is 13.4. The van der Waals surface area contributed by atoms with E-state index in [-0.39, 0.29) is 24.1 Å². The Morgan fingerprint density at radius 3 is 2.83 bits per heavy atom. The van der Waals surface area contributed by atoms with Gasteiger partial charge in [-0.3, -0.25) is 4.79 Å². The highest BCUT2D eigenvalue weighted by Gasteiger charge is 2.12. The average molecular weight is 453 g/mol. The Morgan fingerprint density at radius 2 is 2.03 bits per heavy atom. The van der Waals surface area contributed by atoms with E-state index in [1.54, 1.807) is 48.0 Å². The number of thiazole rings is 1. The van der Waals surface area contributed by atoms with Crippen molar-refractivity contribution in [1.82, 2.24) is 10.3 Å². The quantitative estimate of drug-likeness (QED) is 0.508. The number of amides is 1. The molecule has 0 aliphatic rings. The van der Waals surface area contributed by atoms with Gasteiger partial charge in [0.05, 0.1) is 16.2 Å². The lowest BCUT2D eigenvalue weighted by Gasteiger charge is -2.14. The first kappa shape index (κ1) is 21.4. The highest BCUT2D eigenvalue weighted by Crippen LogP contribution is 2.31. The van der Waals surface area contributed by atoms with Gasteiger partial charge in [0.1, 0.15) is 35.8 Å². The summed E-state index contributed by atoms with van der Waals surface area (Å²) in [5.74, 6) is 0.601. The summed E-state index contributed by atoms with van der Waals surface area (Å²) < 4.78 is 11.1. The van der Waals surface area contributed by atoms with Gasteiger partial charge in [0.15, 0.2) is 0 Å². The summed E-state index contributed by atoms with van der Waals surface area (Å²) in [6, 6.07) is 11.8. The Bertz CT molecular complexity index is 953. The number of aliphatic hydroxyl groups is 1. The second kappa shape index (κ2) is 10.5. The van der Waals surface area contributed by atoms with E-state index in [0.717, 1.165) is 5.69 Å². The van der Waals surface area contributed by atoms with Crippen LogP contribution < -0.4 is 14.8 Å². The van der Waals surface area contributed by atoms with E-state index in [1.807, 2.05) is 5.38 Å². The van der Waals surface area contributed by atoms with E-state index in [2.05, 4.69) is 10.3 Å². The smallest absolute Gasteiger partial charge is 0.251 e. The molecule has 1 heterocycles. The number of hydrogen-bond acceptors (Lipinski definition) is 6. The van der Waals surface area contributed by atoms with E-state index >= 15 is 0 Å². The van der Waals surface area contributed by atoms with Crippen molar-refractivity contribution < 1.29 is 19.4 Å². The molecule has 9 heteroatoms. The van der Waals surface area contributed by atoms with Crippen LogP contribution in [0.2, 0.25) is 10.0 Å². The van der Waals surface area contributed by atoms with Crippen molar-refractivity contribution in [2.75, 3.05) is 13.2 Å². The lowest BCUT2D eigenvalue weighted by Crippen LogP contribution is -2.35. The number of benzene rings is 2. The van der Waals surface area contributed by atoms with Crippen molar-refractivity contribution in [3.63, 3.8) is 0 Å². The number of nitrogens with one attached hydrogen (secondary N) is 1. The van der Waals surface area contributed by atoms with Gasteiger partial charge < -0.3 is 19.9 Å². The van der Waals surface area contributed by atoms with Crippen LogP contribution in [0.1, 0.15) is 16.1 Å². The largest absolute Gasteiger partial charge is 0.489 e. The first-order chi connectivity index (χ1) is 14.0. The maximum Gasteiger partial charge on any atom is 0.251 e. The van der Waals surface area contributed by atoms with Crippen LogP contribution in [0.3, 0.4) is 0 Å². The zero-order valence-corrected chi connectivity index (χ0v) is 17.5. The van der Waals surface area contributed by atoms with Gasteiger partial charge in [-0.15, -0.1) is 11.3 Å². The molecule has 0 fully saturated rings. The van der Waals surface area contributed by atoms with Crippen molar-refractivity contribution in [2.45, 2.75) is 12.7 Å². The first-order valence-electron chi connectivity index (χ1n) is 8.66. The normalized spacial score (nSPS) is 11.7. The minimum atomic E-state index is -0.918. The van der Waals surface area contributed by atoms with E-state index in [4.69, 9.17) is 32.7 Å². The standard InChI is InChI=1S/C20H18Cl2N2O4S/c21-17-5-2-6-18(19(17)22)28-10-15(25)8-23-20(26)13-3-1-4-16(7-13)27-9-14-11-29-12-24-14/h1-7,11-12,15,25H,8-10H2,(H,23,26). The van der Waals surface area contributed by atoms with Crippen molar-refractivity contribution in [3.8, 4) is 11.5 Å². The summed E-state index contributed by atoms with van der Waals surface area (Å²) in [4.78, 5) is 16.5. The fourth-order valence-corrected chi connectivity index (χ4v) is 3.24. The number of nitrogens with zero attached hydrogens (tertiary/aromatic N) is 1. The van der Waals surface area contributed by atoms with Crippen LogP contribution in [0, 0.1) is 0 Å². The molecule has 0 radical (unpaired) electrons. The van der Waals surface area contributed by atoms with Crippen molar-refractivity contribution in [2.24, 2.45) is 0 Å². The SMILES string of the molecule is O=C(NCC(O)COc1cccc(Cl)c1Cl)c1cccc(OCc2cscn2)c1. The Hall–Kier alpha value is -2.32. The third-order valence-corrected chi connectivity index (χ3v) is 5.25. The van der Waals surface area contributed by atoms with Gasteiger partial charge in [-0.1, -0.05) is 35.3 Å². The zero-order valence-electron chi connectivity index (χ0n) is 15.2. The molecule has 0 bridgehead atoms. The molecule has 0 saturated heterocycles. The van der Waals surface area contributed by atoms with Gasteiger partial charge in [0.25, 0.3) is 5.91 Å². The second-order valence-electron chi connectivity index (χ2n) is 6.02. The molecule has 6 nitrogen and oxygen atoms in total. The third kappa shape index (κ3) is 6.33. The molecule has 2 aromatic carbocycles. The minimum Gasteiger partial charge on any atom is -0.489 e. The van der Waals surface area contributed by atoms with Gasteiger partial charge in [0.2, 0.25) is 0 Å². The second-order valence-corrected chi connectivity index (χ2v) is 7.53. The maximum atomic E-state index is 12.3. The predicted molar refractivity (Wildman–Crippen MR) is 113 cm³/mol. The summed E-state index contributed by atoms with van der Waals surface area (Å²) in [6.07, 6.45) is -0.918. The number of halogens is 2. The predicted octanol–water partition coefficient (Wildman–Crippen LogP) is 4.20. The number of carbonyl (C=O) groups excluding carboxylic acids is 1. The third-order valence-electron chi connectivity index (χ3n) is 3.81. The minimum absolute atomic E-state index is 0.0148. The highest BCUT2D eigenvalue weighted by atomic mass is 35.5. The van der Waals surface area contributed by atoms with Gasteiger partial charge >= 0.3 is 0 Å². The summed E-state index contributed by atoms with van der Waals surface area (Å²) in [5.41, 5.74) is 2.98. The van der Waals surface area contributed by atoms with Crippen LogP contribution in [-0.2, 0) is 6.61 Å². The molecule has 1 aromatic heterocycles. The monoisotopic (exact) mass is 452 g/mol. The van der Waals surface area contributed by atoms with Crippen LogP contribution in [0.15, 0.2) is 53.4 Å². The van der Waals surface area contributed by atoms with Gasteiger partial charge in [-0.25, -0.2) is 4.98 Å². The maximum absolute atomic E-state index is 12.3. The number of carbonyl (C=O) groups is 1. The van der Waals surface area contributed by atoms with Crippen LogP contribution >= 0.6 is 34.5 Å². The fraction of sp³-hybridized carbons (Fsp3) is 0.200. The molecule has 29 heavy (non-hydrogen) atoms. The Kier molecular flexibility index (Phi) is 7.71. The van der Waals surface area contributed by atoms with E-state index < -0.39 is 6.10 Å². The van der Waals surface area contributed by atoms with Gasteiger partial charge in [0, 0.05) is 17.5 Å². The number of hydrogen-bond donors (Lipinski definition) is 2. The van der Waals surface area contributed by atoms with Crippen molar-refractivity contribution in [3.05, 3.63) is 74.7 Å². The average Bonchev–Trinajstić information content (AvgIpc) is 3.25. The summed E-state index contributed by atoms with van der Waals surface area (Å²) in [6.45, 7) is 0.300. The van der Waals surface area contributed by atoms with Crippen LogP contribution in [0.5, 0.6) is 11.5 Å². The molecule has 0 spiro atoms.